The molecule has 1 fully saturated rings. The molecule has 38 heavy (non-hydrogen) atoms. The minimum Gasteiger partial charge on any atom is -0.444 e. The van der Waals surface area contributed by atoms with Crippen molar-refractivity contribution < 1.29 is 24.0 Å². The lowest BCUT2D eigenvalue weighted by Gasteiger charge is -2.39. The van der Waals surface area contributed by atoms with Crippen LogP contribution in [0.3, 0.4) is 0 Å². The summed E-state index contributed by atoms with van der Waals surface area (Å²) in [5.74, 6) is 0.442. The van der Waals surface area contributed by atoms with E-state index in [1.807, 2.05) is 46.8 Å². The van der Waals surface area contributed by atoms with Gasteiger partial charge in [-0.2, -0.15) is 0 Å². The van der Waals surface area contributed by atoms with Gasteiger partial charge in [0, 0.05) is 49.6 Å². The number of nitrogens with zero attached hydrogens (tertiary/aromatic N) is 3. The highest BCUT2D eigenvalue weighted by molar-refractivity contribution is 7.13. The second-order valence-electron chi connectivity index (χ2n) is 10.4. The van der Waals surface area contributed by atoms with Crippen LogP contribution in [0.5, 0.6) is 0 Å². The van der Waals surface area contributed by atoms with Crippen LogP contribution in [0.25, 0.3) is 6.08 Å². The summed E-state index contributed by atoms with van der Waals surface area (Å²) < 4.78 is 5.44. The average Bonchev–Trinajstić information content (AvgIpc) is 3.08. The van der Waals surface area contributed by atoms with Gasteiger partial charge in [0.1, 0.15) is 11.4 Å². The molecule has 0 bridgehead atoms. The van der Waals surface area contributed by atoms with Gasteiger partial charge >= 0.3 is 12.1 Å². The number of thiophene rings is 1. The van der Waals surface area contributed by atoms with Crippen molar-refractivity contribution in [1.82, 2.24) is 20.6 Å². The molecule has 11 nitrogen and oxygen atoms in total. The smallest absolute Gasteiger partial charge is 0.410 e. The third-order valence-corrected chi connectivity index (χ3v) is 6.82. The number of hydrogen-bond donors (Lipinski definition) is 3. The third-order valence-electron chi connectivity index (χ3n) is 5.73. The summed E-state index contributed by atoms with van der Waals surface area (Å²) in [7, 11) is 0. The number of amidine groups is 1. The van der Waals surface area contributed by atoms with E-state index in [0.29, 0.717) is 49.9 Å². The van der Waals surface area contributed by atoms with Crippen molar-refractivity contribution in [2.45, 2.75) is 59.5 Å². The largest absolute Gasteiger partial charge is 0.444 e. The van der Waals surface area contributed by atoms with Crippen molar-refractivity contribution in [2.24, 2.45) is 16.6 Å². The molecule has 1 saturated heterocycles. The second kappa shape index (κ2) is 13.1. The molecule has 4 N–H and O–H groups in total. The van der Waals surface area contributed by atoms with E-state index in [1.165, 1.54) is 5.06 Å². The van der Waals surface area contributed by atoms with Gasteiger partial charge in [0.05, 0.1) is 17.2 Å². The normalized spacial score (nSPS) is 15.4. The first-order valence-corrected chi connectivity index (χ1v) is 13.9. The van der Waals surface area contributed by atoms with E-state index in [4.69, 9.17) is 15.3 Å². The quantitative estimate of drug-likeness (QED) is 0.303. The van der Waals surface area contributed by atoms with Gasteiger partial charge in [-0.25, -0.2) is 19.6 Å². The van der Waals surface area contributed by atoms with E-state index < -0.39 is 5.60 Å². The Kier molecular flexibility index (Phi) is 10.1. The van der Waals surface area contributed by atoms with Crippen molar-refractivity contribution >= 4 is 47.0 Å². The van der Waals surface area contributed by atoms with Gasteiger partial charge in [-0.3, -0.25) is 9.63 Å². The highest BCUT2D eigenvalue weighted by atomic mass is 32.1. The molecule has 0 aromatic carbocycles. The van der Waals surface area contributed by atoms with Crippen molar-refractivity contribution in [2.75, 3.05) is 39.3 Å². The van der Waals surface area contributed by atoms with Gasteiger partial charge in [-0.15, -0.1) is 11.3 Å². The molecule has 2 aliphatic heterocycles. The van der Waals surface area contributed by atoms with Crippen LogP contribution in [0.2, 0.25) is 0 Å². The summed E-state index contributed by atoms with van der Waals surface area (Å²) in [4.78, 5) is 51.1. The van der Waals surface area contributed by atoms with E-state index in [1.54, 1.807) is 16.2 Å². The summed E-state index contributed by atoms with van der Waals surface area (Å²) >= 11 is 1.58. The predicted molar refractivity (Wildman–Crippen MR) is 148 cm³/mol. The zero-order valence-electron chi connectivity index (χ0n) is 23.0. The minimum absolute atomic E-state index is 0.163. The maximum Gasteiger partial charge on any atom is 0.410 e. The molecule has 1 aromatic heterocycles. The number of carbonyl (C=O) groups excluding carboxylic acids is 3. The SMILES string of the molecule is CCCN(OCCNC(=O)NCC)C(=O)C1=Cc2sc(CC3CN(C(=O)OC(C)(C)C)C3)cc2N=C(N)C1. The molecule has 0 aliphatic carbocycles. The minimum atomic E-state index is -0.507. The summed E-state index contributed by atoms with van der Waals surface area (Å²) in [6, 6.07) is 1.74. The molecular weight excluding hydrogens is 508 g/mol. The number of hydroxylamine groups is 2. The van der Waals surface area contributed by atoms with Crippen LogP contribution in [0.15, 0.2) is 16.6 Å². The maximum atomic E-state index is 13.3. The molecule has 0 unspecified atom stereocenters. The lowest BCUT2D eigenvalue weighted by molar-refractivity contribution is -0.181. The number of urea groups is 1. The Bertz CT molecular complexity index is 1070. The van der Waals surface area contributed by atoms with E-state index in [2.05, 4.69) is 15.6 Å². The lowest BCUT2D eigenvalue weighted by Crippen LogP contribution is -2.52. The fourth-order valence-corrected chi connectivity index (χ4v) is 5.25. The maximum absolute atomic E-state index is 13.3. The van der Waals surface area contributed by atoms with Crippen molar-refractivity contribution in [3.63, 3.8) is 0 Å². The van der Waals surface area contributed by atoms with Crippen LogP contribution in [0.1, 0.15) is 57.2 Å². The Morgan fingerprint density at radius 3 is 2.63 bits per heavy atom. The fourth-order valence-electron chi connectivity index (χ4n) is 4.06. The van der Waals surface area contributed by atoms with E-state index >= 15 is 0 Å². The second-order valence-corrected chi connectivity index (χ2v) is 11.6. The van der Waals surface area contributed by atoms with Gasteiger partial charge in [0.15, 0.2) is 0 Å². The number of fused-ring (bicyclic) bond motifs is 1. The Hall–Kier alpha value is -3.12. The molecule has 1 aromatic rings. The van der Waals surface area contributed by atoms with Crippen molar-refractivity contribution in [3.8, 4) is 0 Å². The number of rotatable bonds is 10. The summed E-state index contributed by atoms with van der Waals surface area (Å²) in [6.45, 7) is 12.1. The van der Waals surface area contributed by atoms with Crippen LogP contribution in [0.4, 0.5) is 15.3 Å². The highest BCUT2D eigenvalue weighted by Crippen LogP contribution is 2.37. The van der Waals surface area contributed by atoms with Gasteiger partial charge in [0.25, 0.3) is 5.91 Å². The highest BCUT2D eigenvalue weighted by Gasteiger charge is 2.34. The van der Waals surface area contributed by atoms with Crippen LogP contribution in [0, 0.1) is 5.92 Å². The zero-order chi connectivity index (χ0) is 27.9. The zero-order valence-corrected chi connectivity index (χ0v) is 23.8. The Balaban J connectivity index is 1.61. The Labute approximate surface area is 228 Å². The molecule has 3 rings (SSSR count). The monoisotopic (exact) mass is 548 g/mol. The van der Waals surface area contributed by atoms with Gasteiger partial charge in [-0.05, 0) is 58.6 Å². The van der Waals surface area contributed by atoms with Crippen LogP contribution < -0.4 is 16.4 Å². The molecule has 0 radical (unpaired) electrons. The van der Waals surface area contributed by atoms with Crippen LogP contribution in [-0.4, -0.2) is 78.8 Å². The van der Waals surface area contributed by atoms with E-state index in [0.717, 1.165) is 21.9 Å². The summed E-state index contributed by atoms with van der Waals surface area (Å²) in [5, 5.41) is 6.66. The van der Waals surface area contributed by atoms with Gasteiger partial charge in [-0.1, -0.05) is 6.92 Å². The van der Waals surface area contributed by atoms with Crippen molar-refractivity contribution in [3.05, 3.63) is 21.4 Å². The fraction of sp³-hybridized carbons (Fsp3) is 0.615. The first-order chi connectivity index (χ1) is 18.0. The standard InChI is InChI=1S/C26H40N6O5S/c1-6-9-32(36-10-8-29-24(34)28-7-2)23(33)18-12-21-20(30-22(27)13-18)14-19(38-21)11-17-15-31(16-17)25(35)37-26(3,4)5/h12,14,17H,6-11,13,15-16H2,1-5H3,(H2,27,30)(H2,28,29,34). The number of carbonyl (C=O) groups is 3. The number of nitrogens with two attached hydrogens (primary N) is 1. The molecule has 3 heterocycles. The summed E-state index contributed by atoms with van der Waals surface area (Å²) in [5.41, 5.74) is 6.92. The molecule has 0 saturated carbocycles. The molecule has 0 atom stereocenters. The van der Waals surface area contributed by atoms with E-state index in [9.17, 15) is 14.4 Å². The first kappa shape index (κ1) is 29.4. The van der Waals surface area contributed by atoms with E-state index in [-0.39, 0.29) is 37.6 Å². The Morgan fingerprint density at radius 2 is 1.97 bits per heavy atom. The molecule has 2 aliphatic rings. The number of hydrogen-bond acceptors (Lipinski definition) is 8. The summed E-state index contributed by atoms with van der Waals surface area (Å²) in [6.07, 6.45) is 3.32. The lowest BCUT2D eigenvalue weighted by atomic mass is 9.96. The number of amides is 4. The molecule has 210 valence electrons. The topological polar surface area (TPSA) is 139 Å². The number of ether oxygens (including phenoxy) is 1. The first-order valence-electron chi connectivity index (χ1n) is 13.1. The number of likely N-dealkylation sites (tertiary alicyclic amines) is 1. The third kappa shape index (κ3) is 8.45. The Morgan fingerprint density at radius 1 is 1.24 bits per heavy atom. The van der Waals surface area contributed by atoms with Gasteiger partial charge in [0.2, 0.25) is 0 Å². The average molecular weight is 549 g/mol. The number of aliphatic imine (C=N–C) groups is 1. The number of nitrogens with one attached hydrogen (secondary N) is 2. The van der Waals surface area contributed by atoms with Crippen molar-refractivity contribution in [1.29, 1.82) is 0 Å². The van der Waals surface area contributed by atoms with Gasteiger partial charge < -0.3 is 26.0 Å². The van der Waals surface area contributed by atoms with Crippen LogP contribution >= 0.6 is 11.3 Å². The molecule has 4 amide bonds. The molecule has 0 spiro atoms. The van der Waals surface area contributed by atoms with Crippen LogP contribution in [-0.2, 0) is 20.8 Å². The predicted octanol–water partition coefficient (Wildman–Crippen LogP) is 3.42. The molecular formula is C26H40N6O5S. The molecule has 12 heteroatoms.